The Labute approximate surface area is 188 Å². The molecule has 0 saturated heterocycles. The third kappa shape index (κ3) is 8.04. The van der Waals surface area contributed by atoms with Crippen molar-refractivity contribution in [2.45, 2.75) is 79.0 Å². The summed E-state index contributed by atoms with van der Waals surface area (Å²) in [5.41, 5.74) is 3.72. The lowest BCUT2D eigenvalue weighted by molar-refractivity contribution is 0.232. The van der Waals surface area contributed by atoms with E-state index < -0.39 is 0 Å². The van der Waals surface area contributed by atoms with E-state index >= 15 is 0 Å². The second-order valence-corrected chi connectivity index (χ2v) is 9.44. The van der Waals surface area contributed by atoms with E-state index in [2.05, 4.69) is 64.0 Å². The molecule has 0 saturated carbocycles. The fourth-order valence-electron chi connectivity index (χ4n) is 2.69. The lowest BCUT2D eigenvalue weighted by Gasteiger charge is -2.25. The van der Waals surface area contributed by atoms with Gasteiger partial charge in [-0.15, -0.1) is 24.8 Å². The van der Waals surface area contributed by atoms with Gasteiger partial charge in [-0.3, -0.25) is 0 Å². The molecule has 2 rings (SSSR count). The fourth-order valence-corrected chi connectivity index (χ4v) is 2.69. The number of aromatic nitrogens is 1. The maximum absolute atomic E-state index is 10.9. The third-order valence-electron chi connectivity index (χ3n) is 4.27. The number of hydrogen-bond acceptors (Lipinski definition) is 4. The van der Waals surface area contributed by atoms with Crippen molar-refractivity contribution in [2.24, 2.45) is 0 Å². The van der Waals surface area contributed by atoms with E-state index in [0.29, 0.717) is 18.2 Å². The second kappa shape index (κ2) is 10.5. The van der Waals surface area contributed by atoms with E-state index in [4.69, 9.17) is 4.74 Å². The molecule has 1 heterocycles. The number of aromatic hydroxyl groups is 1. The first kappa shape index (κ1) is 27.5. The molecule has 0 amide bonds. The van der Waals surface area contributed by atoms with E-state index in [0.717, 1.165) is 16.7 Å². The van der Waals surface area contributed by atoms with Gasteiger partial charge in [-0.2, -0.15) is 0 Å². The fraction of sp³-hybridized carbons (Fsp3) is 0.522. The van der Waals surface area contributed by atoms with Crippen LogP contribution in [-0.2, 0) is 12.0 Å². The first-order chi connectivity index (χ1) is 12.4. The highest BCUT2D eigenvalue weighted by molar-refractivity contribution is 5.85. The Hall–Kier alpha value is -1.49. The van der Waals surface area contributed by atoms with E-state index in [1.54, 1.807) is 6.20 Å². The van der Waals surface area contributed by atoms with Gasteiger partial charge in [0.15, 0.2) is 0 Å². The van der Waals surface area contributed by atoms with Gasteiger partial charge in [0, 0.05) is 41.0 Å². The molecule has 4 nitrogen and oxygen atoms in total. The van der Waals surface area contributed by atoms with Crippen LogP contribution in [0.3, 0.4) is 0 Å². The van der Waals surface area contributed by atoms with Crippen molar-refractivity contribution in [1.29, 1.82) is 0 Å². The molecule has 29 heavy (non-hydrogen) atoms. The number of rotatable bonds is 5. The lowest BCUT2D eigenvalue weighted by atomic mass is 9.83. The van der Waals surface area contributed by atoms with Gasteiger partial charge in [-0.05, 0) is 57.7 Å². The molecular weight excluding hydrogens is 407 g/mol. The molecule has 0 bridgehead atoms. The average molecular weight is 443 g/mol. The number of hydrogen-bond donors (Lipinski definition) is 2. The molecule has 2 aromatic rings. The number of nitrogens with zero attached hydrogens (tertiary/aromatic N) is 1. The highest BCUT2D eigenvalue weighted by atomic mass is 35.5. The molecule has 0 spiro atoms. The zero-order chi connectivity index (χ0) is 20.4. The molecule has 0 fully saturated rings. The van der Waals surface area contributed by atoms with Crippen LogP contribution in [0.1, 0.15) is 66.5 Å². The molecule has 0 radical (unpaired) electrons. The van der Waals surface area contributed by atoms with E-state index in [9.17, 15) is 5.11 Å². The molecule has 2 N–H and O–H groups in total. The van der Waals surface area contributed by atoms with E-state index in [1.165, 1.54) is 5.56 Å². The Morgan fingerprint density at radius 2 is 1.66 bits per heavy atom. The number of phenols is 1. The van der Waals surface area contributed by atoms with Crippen LogP contribution in [0, 0.1) is 0 Å². The van der Waals surface area contributed by atoms with Crippen molar-refractivity contribution in [2.75, 3.05) is 0 Å². The first-order valence-corrected chi connectivity index (χ1v) is 9.61. The molecule has 164 valence electrons. The molecule has 1 aromatic carbocycles. The minimum Gasteiger partial charge on any atom is -0.507 e. The SMILES string of the molecule is CC(C)Oc1ccc(-c2cc(C(C)(C)C)cc(CNC(C)(C)C)c2O)cn1.Cl.Cl. The maximum atomic E-state index is 10.9. The van der Waals surface area contributed by atoms with Crippen LogP contribution in [-0.4, -0.2) is 21.7 Å². The molecule has 0 unspecified atom stereocenters. The molecule has 0 aliphatic carbocycles. The molecule has 0 aliphatic rings. The summed E-state index contributed by atoms with van der Waals surface area (Å²) < 4.78 is 5.63. The molecule has 0 aliphatic heterocycles. The Morgan fingerprint density at radius 1 is 1.03 bits per heavy atom. The number of ether oxygens (including phenoxy) is 1. The molecule has 0 atom stereocenters. The average Bonchev–Trinajstić information content (AvgIpc) is 2.52. The predicted molar refractivity (Wildman–Crippen MR) is 127 cm³/mol. The van der Waals surface area contributed by atoms with Gasteiger partial charge >= 0.3 is 0 Å². The van der Waals surface area contributed by atoms with Crippen LogP contribution in [0.15, 0.2) is 30.5 Å². The third-order valence-corrected chi connectivity index (χ3v) is 4.27. The van der Waals surface area contributed by atoms with Crippen molar-refractivity contribution in [1.82, 2.24) is 10.3 Å². The number of phenolic OH excluding ortho intramolecular Hbond substituents is 1. The molecule has 6 heteroatoms. The van der Waals surface area contributed by atoms with Gasteiger partial charge in [0.2, 0.25) is 5.88 Å². The van der Waals surface area contributed by atoms with Gasteiger partial charge in [0.25, 0.3) is 0 Å². The van der Waals surface area contributed by atoms with Crippen molar-refractivity contribution in [3.05, 3.63) is 41.6 Å². The van der Waals surface area contributed by atoms with Crippen LogP contribution in [0.5, 0.6) is 11.6 Å². The summed E-state index contributed by atoms with van der Waals surface area (Å²) in [5, 5.41) is 14.4. The van der Waals surface area contributed by atoms with E-state index in [-0.39, 0.29) is 41.9 Å². The second-order valence-electron chi connectivity index (χ2n) is 9.44. The number of halogens is 2. The monoisotopic (exact) mass is 442 g/mol. The summed E-state index contributed by atoms with van der Waals surface area (Å²) in [7, 11) is 0. The smallest absolute Gasteiger partial charge is 0.213 e. The van der Waals surface area contributed by atoms with Crippen molar-refractivity contribution in [3.63, 3.8) is 0 Å². The summed E-state index contributed by atoms with van der Waals surface area (Å²) >= 11 is 0. The highest BCUT2D eigenvalue weighted by Crippen LogP contribution is 2.37. The van der Waals surface area contributed by atoms with Crippen molar-refractivity contribution >= 4 is 24.8 Å². The largest absolute Gasteiger partial charge is 0.507 e. The van der Waals surface area contributed by atoms with Crippen molar-refractivity contribution < 1.29 is 9.84 Å². The Morgan fingerprint density at radius 3 is 2.10 bits per heavy atom. The van der Waals surface area contributed by atoms with Gasteiger partial charge < -0.3 is 15.2 Å². The summed E-state index contributed by atoms with van der Waals surface area (Å²) in [6, 6.07) is 7.97. The topological polar surface area (TPSA) is 54.4 Å². The first-order valence-electron chi connectivity index (χ1n) is 9.61. The van der Waals surface area contributed by atoms with Gasteiger partial charge in [-0.25, -0.2) is 4.98 Å². The van der Waals surface area contributed by atoms with Crippen LogP contribution in [0.4, 0.5) is 0 Å². The summed E-state index contributed by atoms with van der Waals surface area (Å²) in [5.74, 6) is 0.897. The van der Waals surface area contributed by atoms with Gasteiger partial charge in [0.05, 0.1) is 6.10 Å². The predicted octanol–water partition coefficient (Wildman–Crippen LogP) is 6.27. The Bertz CT molecular complexity index is 777. The molecule has 1 aromatic heterocycles. The van der Waals surface area contributed by atoms with Crippen LogP contribution >= 0.6 is 24.8 Å². The highest BCUT2D eigenvalue weighted by Gasteiger charge is 2.20. The van der Waals surface area contributed by atoms with Crippen molar-refractivity contribution in [3.8, 4) is 22.8 Å². The summed E-state index contributed by atoms with van der Waals surface area (Å²) in [6.45, 7) is 17.5. The Balaban J connectivity index is 0.00000392. The minimum atomic E-state index is -0.0261. The molecular formula is C23H36Cl2N2O2. The van der Waals surface area contributed by atoms with Gasteiger partial charge in [0.1, 0.15) is 5.75 Å². The standard InChI is InChI=1S/C23H34N2O2.2ClH/c1-15(2)27-20-10-9-16(13-24-20)19-12-18(22(3,4)5)11-17(21(19)26)14-25-23(6,7)8;;/h9-13,15,25-26H,14H2,1-8H3;2*1H. The van der Waals surface area contributed by atoms with Crippen LogP contribution in [0.25, 0.3) is 11.1 Å². The zero-order valence-electron chi connectivity index (χ0n) is 18.8. The van der Waals surface area contributed by atoms with Gasteiger partial charge in [-0.1, -0.05) is 26.8 Å². The number of benzene rings is 1. The zero-order valence-corrected chi connectivity index (χ0v) is 20.4. The summed E-state index contributed by atoms with van der Waals surface area (Å²) in [6.07, 6.45) is 1.84. The normalized spacial score (nSPS) is 11.6. The minimum absolute atomic E-state index is 0. The van der Waals surface area contributed by atoms with E-state index in [1.807, 2.05) is 26.0 Å². The number of pyridine rings is 1. The maximum Gasteiger partial charge on any atom is 0.213 e. The van der Waals surface area contributed by atoms with Crippen LogP contribution < -0.4 is 10.1 Å². The lowest BCUT2D eigenvalue weighted by Crippen LogP contribution is -2.35. The quantitative estimate of drug-likeness (QED) is 0.572. The Kier molecular flexibility index (Phi) is 9.97. The van der Waals surface area contributed by atoms with Crippen LogP contribution in [0.2, 0.25) is 0 Å². The number of nitrogens with one attached hydrogen (secondary N) is 1. The summed E-state index contributed by atoms with van der Waals surface area (Å²) in [4.78, 5) is 4.39.